The van der Waals surface area contributed by atoms with Crippen LogP contribution in [-0.2, 0) is 11.4 Å². The second kappa shape index (κ2) is 5.23. The molecular formula is C10H10BrIO2. The van der Waals surface area contributed by atoms with Crippen LogP contribution < -0.4 is 0 Å². The first-order valence-electron chi connectivity index (χ1n) is 4.10. The van der Waals surface area contributed by atoms with Gasteiger partial charge in [0, 0.05) is 3.57 Å². The Morgan fingerprint density at radius 2 is 2.29 bits per heavy atom. The molecule has 2 nitrogen and oxygen atoms in total. The summed E-state index contributed by atoms with van der Waals surface area (Å²) in [6.45, 7) is 1.49. The molecule has 1 unspecified atom stereocenters. The first-order chi connectivity index (χ1) is 6.56. The molecule has 0 amide bonds. The molecule has 0 spiro atoms. The highest BCUT2D eigenvalue weighted by atomic mass is 127. The maximum absolute atomic E-state index is 11.2. The summed E-state index contributed by atoms with van der Waals surface area (Å²) in [5, 5.41) is 9.14. The Morgan fingerprint density at radius 3 is 2.79 bits per heavy atom. The van der Waals surface area contributed by atoms with Crippen LogP contribution in [0.1, 0.15) is 22.9 Å². The van der Waals surface area contributed by atoms with Gasteiger partial charge in [0.1, 0.15) is 5.78 Å². The standard InChI is InChI=1S/C10H10BrIO2/c1-6(14)10(11)9-3-2-8(12)4-7(9)5-13/h2-4,10,13H,5H2,1H3. The van der Waals surface area contributed by atoms with Gasteiger partial charge < -0.3 is 5.11 Å². The number of hydrogen-bond acceptors (Lipinski definition) is 2. The zero-order chi connectivity index (χ0) is 10.7. The summed E-state index contributed by atoms with van der Waals surface area (Å²) in [5.41, 5.74) is 1.65. The van der Waals surface area contributed by atoms with E-state index in [0.717, 1.165) is 14.7 Å². The molecule has 4 heteroatoms. The van der Waals surface area contributed by atoms with Gasteiger partial charge in [-0.3, -0.25) is 4.79 Å². The van der Waals surface area contributed by atoms with Gasteiger partial charge in [-0.1, -0.05) is 22.0 Å². The summed E-state index contributed by atoms with van der Waals surface area (Å²) >= 11 is 5.48. The lowest BCUT2D eigenvalue weighted by molar-refractivity contribution is -0.116. The fraction of sp³-hybridized carbons (Fsp3) is 0.300. The molecule has 0 saturated carbocycles. The van der Waals surface area contributed by atoms with Gasteiger partial charge in [0.25, 0.3) is 0 Å². The molecule has 0 radical (unpaired) electrons. The van der Waals surface area contributed by atoms with Gasteiger partial charge in [-0.05, 0) is 52.8 Å². The summed E-state index contributed by atoms with van der Waals surface area (Å²) in [5.74, 6) is 0.0425. The zero-order valence-electron chi connectivity index (χ0n) is 7.63. The molecular weight excluding hydrogens is 359 g/mol. The van der Waals surface area contributed by atoms with E-state index in [1.54, 1.807) is 0 Å². The zero-order valence-corrected chi connectivity index (χ0v) is 11.4. The third-order valence-electron chi connectivity index (χ3n) is 1.91. The summed E-state index contributed by atoms with van der Waals surface area (Å²) < 4.78 is 1.05. The minimum atomic E-state index is -0.318. The molecule has 1 aromatic rings. The number of aliphatic hydroxyl groups excluding tert-OH is 1. The van der Waals surface area contributed by atoms with Crippen molar-refractivity contribution in [2.45, 2.75) is 18.4 Å². The van der Waals surface area contributed by atoms with E-state index in [-0.39, 0.29) is 17.2 Å². The average Bonchev–Trinajstić information content (AvgIpc) is 2.16. The van der Waals surface area contributed by atoms with E-state index in [0.29, 0.717) is 0 Å². The van der Waals surface area contributed by atoms with Crippen molar-refractivity contribution < 1.29 is 9.90 Å². The number of alkyl halides is 1. The number of carbonyl (C=O) groups is 1. The number of halogens is 2. The van der Waals surface area contributed by atoms with E-state index in [2.05, 4.69) is 38.5 Å². The molecule has 0 aliphatic heterocycles. The van der Waals surface area contributed by atoms with E-state index in [1.807, 2.05) is 18.2 Å². The van der Waals surface area contributed by atoms with E-state index in [1.165, 1.54) is 6.92 Å². The first-order valence-corrected chi connectivity index (χ1v) is 6.09. The SMILES string of the molecule is CC(=O)C(Br)c1ccc(I)cc1CO. The van der Waals surface area contributed by atoms with Crippen LogP contribution in [0.15, 0.2) is 18.2 Å². The van der Waals surface area contributed by atoms with Crippen LogP contribution in [0.5, 0.6) is 0 Å². The summed E-state index contributed by atoms with van der Waals surface area (Å²) in [4.78, 5) is 10.8. The normalized spacial score (nSPS) is 12.6. The van der Waals surface area contributed by atoms with Gasteiger partial charge in [-0.2, -0.15) is 0 Å². The Labute approximate surface area is 105 Å². The fourth-order valence-corrected chi connectivity index (χ4v) is 2.18. The lowest BCUT2D eigenvalue weighted by atomic mass is 10.0. The van der Waals surface area contributed by atoms with Crippen molar-refractivity contribution in [3.63, 3.8) is 0 Å². The fourth-order valence-electron chi connectivity index (χ4n) is 1.18. The smallest absolute Gasteiger partial charge is 0.147 e. The summed E-state index contributed by atoms with van der Waals surface area (Å²) in [7, 11) is 0. The third-order valence-corrected chi connectivity index (χ3v) is 3.71. The number of aliphatic hydroxyl groups is 1. The molecule has 0 bridgehead atoms. The first kappa shape index (κ1) is 12.1. The summed E-state index contributed by atoms with van der Waals surface area (Å²) in [6.07, 6.45) is 0. The van der Waals surface area contributed by atoms with Crippen LogP contribution >= 0.6 is 38.5 Å². The van der Waals surface area contributed by atoms with E-state index < -0.39 is 0 Å². The Bertz CT molecular complexity index is 352. The lowest BCUT2D eigenvalue weighted by Crippen LogP contribution is -2.05. The Balaban J connectivity index is 3.13. The number of rotatable bonds is 3. The number of benzene rings is 1. The predicted octanol–water partition coefficient (Wildman–Crippen LogP) is 2.81. The predicted molar refractivity (Wildman–Crippen MR) is 67.4 cm³/mol. The highest BCUT2D eigenvalue weighted by Gasteiger charge is 2.15. The molecule has 1 rings (SSSR count). The average molecular weight is 369 g/mol. The van der Waals surface area contributed by atoms with E-state index >= 15 is 0 Å². The topological polar surface area (TPSA) is 37.3 Å². The second-order valence-corrected chi connectivity index (χ2v) is 5.14. The maximum Gasteiger partial charge on any atom is 0.147 e. The van der Waals surface area contributed by atoms with Crippen molar-refractivity contribution in [3.05, 3.63) is 32.9 Å². The number of hydrogen-bond donors (Lipinski definition) is 1. The minimum Gasteiger partial charge on any atom is -0.392 e. The monoisotopic (exact) mass is 368 g/mol. The molecule has 0 fully saturated rings. The van der Waals surface area contributed by atoms with Crippen LogP contribution in [0, 0.1) is 3.57 Å². The Morgan fingerprint density at radius 1 is 1.64 bits per heavy atom. The molecule has 14 heavy (non-hydrogen) atoms. The van der Waals surface area contributed by atoms with Crippen LogP contribution in [0.3, 0.4) is 0 Å². The largest absolute Gasteiger partial charge is 0.392 e. The van der Waals surface area contributed by atoms with Crippen molar-refractivity contribution in [1.82, 2.24) is 0 Å². The van der Waals surface area contributed by atoms with Gasteiger partial charge in [-0.15, -0.1) is 0 Å². The minimum absolute atomic E-state index is 0.0401. The molecule has 1 atom stereocenters. The van der Waals surface area contributed by atoms with Crippen molar-refractivity contribution in [2.24, 2.45) is 0 Å². The second-order valence-electron chi connectivity index (χ2n) is 2.97. The van der Waals surface area contributed by atoms with Crippen LogP contribution in [0.4, 0.5) is 0 Å². The van der Waals surface area contributed by atoms with E-state index in [4.69, 9.17) is 5.11 Å². The van der Waals surface area contributed by atoms with Crippen molar-refractivity contribution >= 4 is 44.3 Å². The van der Waals surface area contributed by atoms with Crippen molar-refractivity contribution in [1.29, 1.82) is 0 Å². The molecule has 0 aromatic heterocycles. The van der Waals surface area contributed by atoms with Gasteiger partial charge >= 0.3 is 0 Å². The number of ketones is 1. The molecule has 1 aromatic carbocycles. The number of carbonyl (C=O) groups excluding carboxylic acids is 1. The highest BCUT2D eigenvalue weighted by Crippen LogP contribution is 2.28. The Hall–Kier alpha value is 0.0600. The molecule has 0 heterocycles. The van der Waals surface area contributed by atoms with Gasteiger partial charge in [0.2, 0.25) is 0 Å². The molecule has 0 saturated heterocycles. The molecule has 76 valence electrons. The van der Waals surface area contributed by atoms with Crippen LogP contribution in [0.25, 0.3) is 0 Å². The highest BCUT2D eigenvalue weighted by molar-refractivity contribution is 14.1. The van der Waals surface area contributed by atoms with Crippen LogP contribution in [0.2, 0.25) is 0 Å². The van der Waals surface area contributed by atoms with Gasteiger partial charge in [0.05, 0.1) is 11.4 Å². The lowest BCUT2D eigenvalue weighted by Gasteiger charge is -2.11. The Kier molecular flexibility index (Phi) is 4.53. The van der Waals surface area contributed by atoms with Crippen molar-refractivity contribution in [3.8, 4) is 0 Å². The number of Topliss-reactive ketones (excluding diaryl/α,β-unsaturated/α-hetero) is 1. The quantitative estimate of drug-likeness (QED) is 0.658. The molecule has 0 aliphatic carbocycles. The van der Waals surface area contributed by atoms with Crippen LogP contribution in [-0.4, -0.2) is 10.9 Å². The third kappa shape index (κ3) is 2.77. The summed E-state index contributed by atoms with van der Waals surface area (Å²) in [6, 6.07) is 5.67. The van der Waals surface area contributed by atoms with Crippen molar-refractivity contribution in [2.75, 3.05) is 0 Å². The van der Waals surface area contributed by atoms with Gasteiger partial charge in [-0.25, -0.2) is 0 Å². The van der Waals surface area contributed by atoms with Gasteiger partial charge in [0.15, 0.2) is 0 Å². The molecule has 0 aliphatic rings. The maximum atomic E-state index is 11.2. The van der Waals surface area contributed by atoms with E-state index in [9.17, 15) is 4.79 Å². The molecule has 1 N–H and O–H groups in total.